The van der Waals surface area contributed by atoms with E-state index in [0.29, 0.717) is 0 Å². The van der Waals surface area contributed by atoms with Gasteiger partial charge in [-0.1, -0.05) is 190 Å². The molecule has 1 aliphatic heterocycles. The van der Waals surface area contributed by atoms with Gasteiger partial charge in [0.25, 0.3) is 0 Å². The van der Waals surface area contributed by atoms with E-state index < -0.39 is 8.07 Å². The van der Waals surface area contributed by atoms with E-state index in [-0.39, 0.29) is 5.41 Å². The van der Waals surface area contributed by atoms with E-state index in [0.717, 1.165) is 17.1 Å². The van der Waals surface area contributed by atoms with Crippen molar-refractivity contribution < 1.29 is 0 Å². The SMILES string of the molecule is CC1(C)c2ccccc2-c2ccc(N(c3ccc(-c4cccc([Si]5(c6ccccc6)c6ccccc6-c6ccccc65)c4)cc3)c3ccc4ccccc4c3)cc21. The third-order valence-electron chi connectivity index (χ3n) is 12.7. The zero-order valence-corrected chi connectivity index (χ0v) is 33.2. The highest BCUT2D eigenvalue weighted by Crippen LogP contribution is 2.50. The van der Waals surface area contributed by atoms with Gasteiger partial charge in [-0.25, -0.2) is 0 Å². The monoisotopic (exact) mass is 743 g/mol. The maximum atomic E-state index is 2.48. The van der Waals surface area contributed by atoms with Crippen molar-refractivity contribution >= 4 is 56.7 Å². The lowest BCUT2D eigenvalue weighted by Gasteiger charge is -2.31. The minimum absolute atomic E-state index is 0.0906. The van der Waals surface area contributed by atoms with Gasteiger partial charge in [0.1, 0.15) is 0 Å². The average Bonchev–Trinajstić information content (AvgIpc) is 3.70. The zero-order valence-electron chi connectivity index (χ0n) is 32.2. The van der Waals surface area contributed by atoms with Crippen LogP contribution in [0.4, 0.5) is 17.1 Å². The Balaban J connectivity index is 1.04. The van der Waals surface area contributed by atoms with Gasteiger partial charge in [0.05, 0.1) is 0 Å². The van der Waals surface area contributed by atoms with Crippen LogP contribution >= 0.6 is 0 Å². The summed E-state index contributed by atoms with van der Waals surface area (Å²) in [6.45, 7) is 4.72. The molecule has 9 aromatic rings. The number of nitrogens with zero attached hydrogens (tertiary/aromatic N) is 1. The Bertz CT molecular complexity index is 2950. The van der Waals surface area contributed by atoms with Crippen LogP contribution in [0.15, 0.2) is 212 Å². The van der Waals surface area contributed by atoms with E-state index in [1.54, 1.807) is 0 Å². The lowest BCUT2D eigenvalue weighted by molar-refractivity contribution is 0.660. The molecule has 2 aliphatic rings. The van der Waals surface area contributed by atoms with Gasteiger partial charge >= 0.3 is 0 Å². The summed E-state index contributed by atoms with van der Waals surface area (Å²) in [5.41, 5.74) is 14.0. The normalized spacial score (nSPS) is 14.1. The molecule has 1 heterocycles. The molecule has 0 bridgehead atoms. The average molecular weight is 744 g/mol. The smallest absolute Gasteiger partial charge is 0.180 e. The van der Waals surface area contributed by atoms with Gasteiger partial charge in [0, 0.05) is 22.5 Å². The number of fused-ring (bicyclic) bond motifs is 7. The van der Waals surface area contributed by atoms with E-state index in [1.807, 2.05) is 0 Å². The van der Waals surface area contributed by atoms with Crippen molar-refractivity contribution in [2.45, 2.75) is 19.3 Å². The number of hydrogen-bond acceptors (Lipinski definition) is 1. The van der Waals surface area contributed by atoms with Crippen LogP contribution < -0.4 is 25.6 Å². The Morgan fingerprint density at radius 1 is 0.351 bits per heavy atom. The first-order chi connectivity index (χ1) is 28.0. The maximum absolute atomic E-state index is 2.58. The van der Waals surface area contributed by atoms with Crippen LogP contribution in [0.5, 0.6) is 0 Å². The third kappa shape index (κ3) is 5.07. The van der Waals surface area contributed by atoms with Gasteiger partial charge in [0.2, 0.25) is 0 Å². The van der Waals surface area contributed by atoms with Crippen LogP contribution in [-0.4, -0.2) is 8.07 Å². The summed E-state index contributed by atoms with van der Waals surface area (Å²) < 4.78 is 0. The second-order valence-corrected chi connectivity index (χ2v) is 19.8. The molecule has 0 fully saturated rings. The van der Waals surface area contributed by atoms with Gasteiger partial charge in [0.15, 0.2) is 8.07 Å². The quantitative estimate of drug-likeness (QED) is 0.153. The molecule has 0 saturated heterocycles. The van der Waals surface area contributed by atoms with E-state index >= 15 is 0 Å². The highest BCUT2D eigenvalue weighted by molar-refractivity contribution is 7.22. The fourth-order valence-corrected chi connectivity index (χ4v) is 15.3. The topological polar surface area (TPSA) is 3.24 Å². The second kappa shape index (κ2) is 12.9. The Labute approximate surface area is 336 Å². The van der Waals surface area contributed by atoms with Crippen LogP contribution in [-0.2, 0) is 5.41 Å². The molecule has 0 unspecified atom stereocenters. The second-order valence-electron chi connectivity index (χ2n) is 16.1. The molecule has 0 atom stereocenters. The van der Waals surface area contributed by atoms with E-state index in [4.69, 9.17) is 0 Å². The fraction of sp³-hybridized carbons (Fsp3) is 0.0545. The molecular weight excluding hydrogens is 703 g/mol. The molecule has 0 saturated carbocycles. The van der Waals surface area contributed by atoms with E-state index in [9.17, 15) is 0 Å². The van der Waals surface area contributed by atoms with E-state index in [1.165, 1.54) is 76.0 Å². The standard InChI is InChI=1S/C55H41NSi/c1-55(2)51-24-11-8-21-47(51)48-34-33-44(37-52(48)55)56(43-32-29-38-15-6-7-16-40(38)35-43)42-30-27-39(28-31-42)41-17-14-20-46(36-41)57(45-18-4-3-5-19-45)53-25-12-9-22-49(53)50-23-10-13-26-54(50)57/h3-37H,1-2H3. The molecule has 0 aromatic heterocycles. The zero-order chi connectivity index (χ0) is 38.1. The Morgan fingerprint density at radius 2 is 0.912 bits per heavy atom. The molecule has 1 nitrogen and oxygen atoms in total. The lowest BCUT2D eigenvalue weighted by Crippen LogP contribution is -2.72. The molecule has 0 spiro atoms. The Morgan fingerprint density at radius 3 is 1.67 bits per heavy atom. The van der Waals surface area contributed by atoms with Gasteiger partial charge in [-0.05, 0) is 112 Å². The largest absolute Gasteiger partial charge is 0.310 e. The molecule has 2 heteroatoms. The highest BCUT2D eigenvalue weighted by Gasteiger charge is 2.48. The van der Waals surface area contributed by atoms with Crippen LogP contribution in [0.1, 0.15) is 25.0 Å². The van der Waals surface area contributed by atoms with Crippen LogP contribution in [0, 0.1) is 0 Å². The van der Waals surface area contributed by atoms with Gasteiger partial charge in [-0.3, -0.25) is 0 Å². The first kappa shape index (κ1) is 33.6. The number of hydrogen-bond donors (Lipinski definition) is 0. The molecule has 1 aliphatic carbocycles. The molecule has 0 amide bonds. The molecule has 270 valence electrons. The molecule has 9 aromatic carbocycles. The Kier molecular flexibility index (Phi) is 7.61. The summed E-state index contributed by atoms with van der Waals surface area (Å²) in [7, 11) is -2.58. The van der Waals surface area contributed by atoms with Crippen molar-refractivity contribution in [1.29, 1.82) is 0 Å². The molecule has 57 heavy (non-hydrogen) atoms. The first-order valence-electron chi connectivity index (χ1n) is 20.0. The Hall–Kier alpha value is -6.74. The fourth-order valence-electron chi connectivity index (χ4n) is 10.0. The van der Waals surface area contributed by atoms with Crippen molar-refractivity contribution in [2.75, 3.05) is 4.90 Å². The minimum atomic E-state index is -2.58. The molecule has 0 radical (unpaired) electrons. The summed E-state index contributed by atoms with van der Waals surface area (Å²) in [4.78, 5) is 2.43. The van der Waals surface area contributed by atoms with Crippen molar-refractivity contribution in [3.05, 3.63) is 223 Å². The van der Waals surface area contributed by atoms with Crippen molar-refractivity contribution in [3.8, 4) is 33.4 Å². The molecule has 11 rings (SSSR count). The van der Waals surface area contributed by atoms with Gasteiger partial charge < -0.3 is 4.90 Å². The minimum Gasteiger partial charge on any atom is -0.310 e. The highest BCUT2D eigenvalue weighted by atomic mass is 28.3. The maximum Gasteiger partial charge on any atom is 0.180 e. The third-order valence-corrected chi connectivity index (χ3v) is 17.6. The first-order valence-corrected chi connectivity index (χ1v) is 22.0. The lowest BCUT2D eigenvalue weighted by atomic mass is 9.82. The summed E-state index contributed by atoms with van der Waals surface area (Å²) in [5.74, 6) is 0. The van der Waals surface area contributed by atoms with Crippen molar-refractivity contribution in [1.82, 2.24) is 0 Å². The predicted molar refractivity (Wildman–Crippen MR) is 244 cm³/mol. The summed E-state index contributed by atoms with van der Waals surface area (Å²) in [6.07, 6.45) is 0. The summed E-state index contributed by atoms with van der Waals surface area (Å²) in [6, 6.07) is 79.5. The molecular formula is C55H41NSi. The van der Waals surface area contributed by atoms with Crippen LogP contribution in [0.3, 0.4) is 0 Å². The molecule has 0 N–H and O–H groups in total. The van der Waals surface area contributed by atoms with Crippen molar-refractivity contribution in [2.24, 2.45) is 0 Å². The van der Waals surface area contributed by atoms with Gasteiger partial charge in [-0.15, -0.1) is 0 Å². The summed E-state index contributed by atoms with van der Waals surface area (Å²) >= 11 is 0. The van der Waals surface area contributed by atoms with Crippen molar-refractivity contribution in [3.63, 3.8) is 0 Å². The van der Waals surface area contributed by atoms with E-state index in [2.05, 4.69) is 231 Å². The number of benzene rings is 9. The summed E-state index contributed by atoms with van der Waals surface area (Å²) in [5, 5.41) is 8.24. The predicted octanol–water partition coefficient (Wildman–Crippen LogP) is 11.6. The number of anilines is 3. The van der Waals surface area contributed by atoms with Crippen LogP contribution in [0.25, 0.3) is 44.2 Å². The number of rotatable bonds is 6. The van der Waals surface area contributed by atoms with Gasteiger partial charge in [-0.2, -0.15) is 0 Å². The van der Waals surface area contributed by atoms with Crippen LogP contribution in [0.2, 0.25) is 0 Å².